The number of carbonyl (C=O) groups is 1. The van der Waals surface area contributed by atoms with E-state index in [1.807, 2.05) is 13.8 Å². The third-order valence-electron chi connectivity index (χ3n) is 2.80. The maximum Gasteiger partial charge on any atom is 0.335 e. The lowest BCUT2D eigenvalue weighted by Gasteiger charge is -2.08. The molecule has 1 heterocycles. The van der Waals surface area contributed by atoms with E-state index in [-0.39, 0.29) is 5.56 Å². The molecule has 0 saturated carbocycles. The van der Waals surface area contributed by atoms with Gasteiger partial charge in [0.1, 0.15) is 5.82 Å². The first-order valence-electron chi connectivity index (χ1n) is 5.15. The summed E-state index contributed by atoms with van der Waals surface area (Å²) in [7, 11) is 0. The van der Waals surface area contributed by atoms with Crippen LogP contribution in [0.5, 0.6) is 0 Å². The molecular formula is C12H13N3O2. The van der Waals surface area contributed by atoms with Gasteiger partial charge in [0.05, 0.1) is 11.3 Å². The van der Waals surface area contributed by atoms with Gasteiger partial charge in [-0.3, -0.25) is 5.10 Å². The monoisotopic (exact) mass is 231 g/mol. The van der Waals surface area contributed by atoms with Gasteiger partial charge < -0.3 is 10.8 Å². The van der Waals surface area contributed by atoms with Crippen molar-refractivity contribution >= 4 is 11.8 Å². The Labute approximate surface area is 98.3 Å². The lowest BCUT2D eigenvalue weighted by atomic mass is 9.97. The first-order valence-corrected chi connectivity index (χ1v) is 5.15. The topological polar surface area (TPSA) is 92.0 Å². The average molecular weight is 231 g/mol. The number of anilines is 1. The molecule has 0 aliphatic rings. The molecule has 0 spiro atoms. The summed E-state index contributed by atoms with van der Waals surface area (Å²) < 4.78 is 0. The largest absolute Gasteiger partial charge is 0.478 e. The molecule has 0 atom stereocenters. The zero-order valence-corrected chi connectivity index (χ0v) is 9.61. The molecule has 1 aromatic heterocycles. The fourth-order valence-corrected chi connectivity index (χ4v) is 1.74. The number of carboxylic acids is 1. The van der Waals surface area contributed by atoms with Crippen LogP contribution in [-0.4, -0.2) is 21.3 Å². The van der Waals surface area contributed by atoms with Crippen molar-refractivity contribution in [3.63, 3.8) is 0 Å². The number of carboxylic acid groups (broad SMARTS) is 1. The number of nitrogens with zero attached hydrogens (tertiary/aromatic N) is 1. The highest BCUT2D eigenvalue weighted by Crippen LogP contribution is 2.26. The molecule has 17 heavy (non-hydrogen) atoms. The van der Waals surface area contributed by atoms with Crippen molar-refractivity contribution in [3.8, 4) is 11.3 Å². The second-order valence-electron chi connectivity index (χ2n) is 3.98. The van der Waals surface area contributed by atoms with E-state index >= 15 is 0 Å². The highest BCUT2D eigenvalue weighted by Gasteiger charge is 2.12. The summed E-state index contributed by atoms with van der Waals surface area (Å²) in [5.74, 6) is -0.556. The van der Waals surface area contributed by atoms with E-state index < -0.39 is 5.97 Å². The van der Waals surface area contributed by atoms with Crippen molar-refractivity contribution in [3.05, 3.63) is 34.9 Å². The Kier molecular flexibility index (Phi) is 2.59. The molecule has 0 amide bonds. The Morgan fingerprint density at radius 3 is 2.59 bits per heavy atom. The van der Waals surface area contributed by atoms with Crippen molar-refractivity contribution in [2.75, 3.05) is 5.73 Å². The van der Waals surface area contributed by atoms with Crippen LogP contribution in [0.3, 0.4) is 0 Å². The standard InChI is InChI=1S/C12H13N3O2/c1-6-3-8(12(16)17)4-9(7(6)2)10-5-11(13)15-14-10/h3-5H,1-2H3,(H,16,17)(H3,13,14,15). The quantitative estimate of drug-likeness (QED) is 0.736. The van der Waals surface area contributed by atoms with E-state index in [2.05, 4.69) is 10.2 Å². The zero-order valence-electron chi connectivity index (χ0n) is 9.61. The molecule has 4 N–H and O–H groups in total. The van der Waals surface area contributed by atoms with Gasteiger partial charge in [-0.2, -0.15) is 5.10 Å². The van der Waals surface area contributed by atoms with Crippen LogP contribution in [0.4, 0.5) is 5.82 Å². The maximum atomic E-state index is 11.0. The Morgan fingerprint density at radius 2 is 2.06 bits per heavy atom. The summed E-state index contributed by atoms with van der Waals surface area (Å²) in [6, 6.07) is 4.96. The fourth-order valence-electron chi connectivity index (χ4n) is 1.74. The van der Waals surface area contributed by atoms with Gasteiger partial charge >= 0.3 is 5.97 Å². The molecule has 0 fully saturated rings. The van der Waals surface area contributed by atoms with E-state index in [0.717, 1.165) is 22.4 Å². The molecule has 5 nitrogen and oxygen atoms in total. The van der Waals surface area contributed by atoms with Crippen molar-refractivity contribution < 1.29 is 9.90 Å². The molecule has 0 bridgehead atoms. The minimum atomic E-state index is -0.943. The van der Waals surface area contributed by atoms with E-state index in [4.69, 9.17) is 10.8 Å². The average Bonchev–Trinajstić information content (AvgIpc) is 2.68. The van der Waals surface area contributed by atoms with E-state index in [1.54, 1.807) is 18.2 Å². The second kappa shape index (κ2) is 3.93. The van der Waals surface area contributed by atoms with Gasteiger partial charge in [-0.25, -0.2) is 4.79 Å². The highest BCUT2D eigenvalue weighted by molar-refractivity contribution is 5.90. The number of H-pyrrole nitrogens is 1. The van der Waals surface area contributed by atoms with Gasteiger partial charge in [-0.05, 0) is 37.1 Å². The summed E-state index contributed by atoms with van der Waals surface area (Å²) in [6.45, 7) is 3.82. The molecule has 2 rings (SSSR count). The van der Waals surface area contributed by atoms with Crippen LogP contribution in [0.15, 0.2) is 18.2 Å². The number of aryl methyl sites for hydroxylation is 1. The SMILES string of the molecule is Cc1cc(C(=O)O)cc(-c2cc(N)n[nH]2)c1C. The predicted octanol–water partition coefficient (Wildman–Crippen LogP) is 1.97. The number of aromatic carboxylic acids is 1. The minimum Gasteiger partial charge on any atom is -0.478 e. The molecule has 0 aliphatic heterocycles. The van der Waals surface area contributed by atoms with Gasteiger partial charge in [0.2, 0.25) is 0 Å². The van der Waals surface area contributed by atoms with Gasteiger partial charge in [0.25, 0.3) is 0 Å². The van der Waals surface area contributed by atoms with Gasteiger partial charge in [0.15, 0.2) is 0 Å². The molecule has 0 radical (unpaired) electrons. The molecule has 0 saturated heterocycles. The predicted molar refractivity (Wildman–Crippen MR) is 64.9 cm³/mol. The molecule has 0 aliphatic carbocycles. The van der Waals surface area contributed by atoms with Crippen LogP contribution in [0.1, 0.15) is 21.5 Å². The lowest BCUT2D eigenvalue weighted by Crippen LogP contribution is -1.99. The Morgan fingerprint density at radius 1 is 1.35 bits per heavy atom. The van der Waals surface area contributed by atoms with Crippen molar-refractivity contribution in [2.24, 2.45) is 0 Å². The van der Waals surface area contributed by atoms with Gasteiger partial charge in [-0.1, -0.05) is 0 Å². The first-order chi connectivity index (χ1) is 7.99. The Hall–Kier alpha value is -2.30. The van der Waals surface area contributed by atoms with Crippen LogP contribution in [0, 0.1) is 13.8 Å². The van der Waals surface area contributed by atoms with E-state index in [1.165, 1.54) is 0 Å². The number of aromatic amines is 1. The van der Waals surface area contributed by atoms with Crippen LogP contribution >= 0.6 is 0 Å². The number of rotatable bonds is 2. The van der Waals surface area contributed by atoms with E-state index in [9.17, 15) is 4.79 Å². The van der Waals surface area contributed by atoms with Crippen molar-refractivity contribution in [1.82, 2.24) is 10.2 Å². The molecule has 5 heteroatoms. The molecule has 0 unspecified atom stereocenters. The number of aromatic nitrogens is 2. The van der Waals surface area contributed by atoms with Crippen LogP contribution in [0.25, 0.3) is 11.3 Å². The van der Waals surface area contributed by atoms with Crippen LogP contribution in [-0.2, 0) is 0 Å². The summed E-state index contributed by atoms with van der Waals surface area (Å²) in [4.78, 5) is 11.0. The Bertz CT molecular complexity index is 587. The summed E-state index contributed by atoms with van der Waals surface area (Å²) in [5.41, 5.74) is 9.28. The smallest absolute Gasteiger partial charge is 0.335 e. The zero-order chi connectivity index (χ0) is 12.6. The fraction of sp³-hybridized carbons (Fsp3) is 0.167. The van der Waals surface area contributed by atoms with Crippen molar-refractivity contribution in [2.45, 2.75) is 13.8 Å². The Balaban J connectivity index is 2.64. The van der Waals surface area contributed by atoms with Crippen molar-refractivity contribution in [1.29, 1.82) is 0 Å². The third-order valence-corrected chi connectivity index (χ3v) is 2.80. The summed E-state index contributed by atoms with van der Waals surface area (Å²) >= 11 is 0. The van der Waals surface area contributed by atoms with E-state index in [0.29, 0.717) is 5.82 Å². The normalized spacial score (nSPS) is 10.5. The molecule has 1 aromatic carbocycles. The number of hydrogen-bond donors (Lipinski definition) is 3. The highest BCUT2D eigenvalue weighted by atomic mass is 16.4. The lowest BCUT2D eigenvalue weighted by molar-refractivity contribution is 0.0697. The van der Waals surface area contributed by atoms with Gasteiger partial charge in [-0.15, -0.1) is 0 Å². The number of benzene rings is 1. The van der Waals surface area contributed by atoms with Gasteiger partial charge in [0, 0.05) is 11.6 Å². The first kappa shape index (κ1) is 11.2. The molecule has 88 valence electrons. The van der Waals surface area contributed by atoms with Crippen LogP contribution < -0.4 is 5.73 Å². The summed E-state index contributed by atoms with van der Waals surface area (Å²) in [5, 5.41) is 15.7. The third kappa shape index (κ3) is 1.99. The minimum absolute atomic E-state index is 0.260. The number of nitrogen functional groups attached to an aromatic ring is 1. The molecular weight excluding hydrogens is 218 g/mol. The van der Waals surface area contributed by atoms with Crippen LogP contribution in [0.2, 0.25) is 0 Å². The number of hydrogen-bond acceptors (Lipinski definition) is 3. The summed E-state index contributed by atoms with van der Waals surface area (Å²) in [6.07, 6.45) is 0. The molecule has 2 aromatic rings. The maximum absolute atomic E-state index is 11.0. The number of nitrogens with one attached hydrogen (secondary N) is 1. The number of nitrogens with two attached hydrogens (primary N) is 1. The second-order valence-corrected chi connectivity index (χ2v) is 3.98.